The third-order valence-electron chi connectivity index (χ3n) is 1.55. The molecule has 0 radical (unpaired) electrons. The lowest BCUT2D eigenvalue weighted by molar-refractivity contribution is 0.00696. The van der Waals surface area contributed by atoms with Gasteiger partial charge in [-0.15, -0.1) is 0 Å². The largest absolute Gasteiger partial charge is 0.456 e. The van der Waals surface area contributed by atoms with Crippen molar-refractivity contribution >= 4 is 11.7 Å². The third kappa shape index (κ3) is 4.49. The number of hydrogen-bond acceptors (Lipinski definition) is 3. The average Bonchev–Trinajstić information content (AvgIpc) is 2.02. The highest BCUT2D eigenvalue weighted by Crippen LogP contribution is 2.13. The molecule has 0 heterocycles. The van der Waals surface area contributed by atoms with Gasteiger partial charge in [-0.3, -0.25) is 0 Å². The first kappa shape index (κ1) is 13.5. The van der Waals surface area contributed by atoms with Crippen LogP contribution in [0.4, 0.5) is 5.69 Å². The smallest absolute Gasteiger partial charge is 0.338 e. The fourth-order valence-electron chi connectivity index (χ4n) is 0.956. The lowest BCUT2D eigenvalue weighted by Gasteiger charge is -2.19. The SMILES string of the molecule is C.CC(C)(C)OC(=O)c1ccc(N)cc1. The number of carbonyl (C=O) groups is 1. The monoisotopic (exact) mass is 209 g/mol. The highest BCUT2D eigenvalue weighted by atomic mass is 16.6. The maximum atomic E-state index is 11.5. The normalized spacial score (nSPS) is 10.3. The van der Waals surface area contributed by atoms with Crippen molar-refractivity contribution in [3.05, 3.63) is 29.8 Å². The van der Waals surface area contributed by atoms with Gasteiger partial charge in [0.2, 0.25) is 0 Å². The fraction of sp³-hybridized carbons (Fsp3) is 0.417. The third-order valence-corrected chi connectivity index (χ3v) is 1.55. The summed E-state index contributed by atoms with van der Waals surface area (Å²) >= 11 is 0. The van der Waals surface area contributed by atoms with Crippen LogP contribution in [0, 0.1) is 0 Å². The minimum absolute atomic E-state index is 0. The molecule has 1 aromatic rings. The predicted octanol–water partition coefficient (Wildman–Crippen LogP) is 2.86. The molecule has 15 heavy (non-hydrogen) atoms. The highest BCUT2D eigenvalue weighted by molar-refractivity contribution is 5.90. The van der Waals surface area contributed by atoms with Gasteiger partial charge in [-0.05, 0) is 45.0 Å². The molecule has 0 bridgehead atoms. The van der Waals surface area contributed by atoms with Crippen LogP contribution < -0.4 is 5.73 Å². The summed E-state index contributed by atoms with van der Waals surface area (Å²) in [6, 6.07) is 6.67. The number of nitrogens with two attached hydrogens (primary N) is 1. The van der Waals surface area contributed by atoms with E-state index in [9.17, 15) is 4.79 Å². The number of hydrogen-bond donors (Lipinski definition) is 1. The topological polar surface area (TPSA) is 52.3 Å². The Bertz CT molecular complexity index is 322. The second-order valence-electron chi connectivity index (χ2n) is 4.12. The number of nitrogen functional groups attached to an aromatic ring is 1. The van der Waals surface area contributed by atoms with E-state index in [0.29, 0.717) is 11.3 Å². The van der Waals surface area contributed by atoms with Crippen molar-refractivity contribution < 1.29 is 9.53 Å². The van der Waals surface area contributed by atoms with Crippen LogP contribution in [0.2, 0.25) is 0 Å². The number of carbonyl (C=O) groups excluding carboxylic acids is 1. The van der Waals surface area contributed by atoms with Gasteiger partial charge in [0.15, 0.2) is 0 Å². The molecule has 2 N–H and O–H groups in total. The van der Waals surface area contributed by atoms with Gasteiger partial charge in [-0.1, -0.05) is 7.43 Å². The number of esters is 1. The molecule has 0 fully saturated rings. The van der Waals surface area contributed by atoms with E-state index < -0.39 is 5.60 Å². The lowest BCUT2D eigenvalue weighted by Crippen LogP contribution is -2.23. The Balaban J connectivity index is 0.00000196. The van der Waals surface area contributed by atoms with Crippen molar-refractivity contribution in [2.24, 2.45) is 0 Å². The molecule has 3 nitrogen and oxygen atoms in total. The van der Waals surface area contributed by atoms with Gasteiger partial charge in [0, 0.05) is 5.69 Å². The van der Waals surface area contributed by atoms with E-state index in [4.69, 9.17) is 10.5 Å². The van der Waals surface area contributed by atoms with Crippen LogP contribution in [0.25, 0.3) is 0 Å². The molecule has 0 spiro atoms. The molecule has 1 aromatic carbocycles. The number of benzene rings is 1. The van der Waals surface area contributed by atoms with Crippen molar-refractivity contribution in [1.29, 1.82) is 0 Å². The van der Waals surface area contributed by atoms with Gasteiger partial charge in [-0.25, -0.2) is 4.79 Å². The summed E-state index contributed by atoms with van der Waals surface area (Å²) in [5.41, 5.74) is 6.20. The van der Waals surface area contributed by atoms with E-state index in [1.807, 2.05) is 20.8 Å². The second-order valence-corrected chi connectivity index (χ2v) is 4.12. The minimum atomic E-state index is -0.460. The summed E-state index contributed by atoms with van der Waals surface area (Å²) in [7, 11) is 0. The van der Waals surface area contributed by atoms with Gasteiger partial charge in [-0.2, -0.15) is 0 Å². The zero-order chi connectivity index (χ0) is 10.8. The van der Waals surface area contributed by atoms with E-state index in [0.717, 1.165) is 0 Å². The molecule has 0 aromatic heterocycles. The van der Waals surface area contributed by atoms with Gasteiger partial charge in [0.1, 0.15) is 5.60 Å². The molecular formula is C12H19NO2. The van der Waals surface area contributed by atoms with Crippen molar-refractivity contribution in [2.75, 3.05) is 5.73 Å². The molecule has 0 amide bonds. The highest BCUT2D eigenvalue weighted by Gasteiger charge is 2.17. The van der Waals surface area contributed by atoms with Gasteiger partial charge in [0.25, 0.3) is 0 Å². The zero-order valence-corrected chi connectivity index (χ0v) is 8.70. The molecule has 0 aliphatic heterocycles. The van der Waals surface area contributed by atoms with E-state index in [1.165, 1.54) is 0 Å². The van der Waals surface area contributed by atoms with Gasteiger partial charge < -0.3 is 10.5 Å². The summed E-state index contributed by atoms with van der Waals surface area (Å²) in [6.45, 7) is 5.51. The summed E-state index contributed by atoms with van der Waals surface area (Å²) in [6.07, 6.45) is 0. The van der Waals surface area contributed by atoms with Crippen LogP contribution in [0.15, 0.2) is 24.3 Å². The first-order chi connectivity index (χ1) is 6.38. The van der Waals surface area contributed by atoms with Crippen LogP contribution >= 0.6 is 0 Å². The Morgan fingerprint density at radius 3 is 2.07 bits per heavy atom. The quantitative estimate of drug-likeness (QED) is 0.571. The Morgan fingerprint density at radius 2 is 1.67 bits per heavy atom. The molecule has 0 saturated carbocycles. The van der Waals surface area contributed by atoms with Crippen LogP contribution in [-0.4, -0.2) is 11.6 Å². The first-order valence-electron chi connectivity index (χ1n) is 4.47. The molecule has 0 saturated heterocycles. The van der Waals surface area contributed by atoms with Gasteiger partial charge >= 0.3 is 5.97 Å². The maximum Gasteiger partial charge on any atom is 0.338 e. The lowest BCUT2D eigenvalue weighted by atomic mass is 10.1. The Morgan fingerprint density at radius 1 is 1.20 bits per heavy atom. The molecule has 0 aliphatic rings. The standard InChI is InChI=1S/C11H15NO2.CH4/c1-11(2,3)14-10(13)8-4-6-9(12)7-5-8;/h4-7H,12H2,1-3H3;1H4. The summed E-state index contributed by atoms with van der Waals surface area (Å²) < 4.78 is 5.18. The maximum absolute atomic E-state index is 11.5. The minimum Gasteiger partial charge on any atom is -0.456 e. The van der Waals surface area contributed by atoms with Crippen molar-refractivity contribution in [3.63, 3.8) is 0 Å². The van der Waals surface area contributed by atoms with Crippen LogP contribution in [-0.2, 0) is 4.74 Å². The number of ether oxygens (including phenoxy) is 1. The van der Waals surface area contributed by atoms with Crippen molar-refractivity contribution in [2.45, 2.75) is 33.8 Å². The Hall–Kier alpha value is -1.51. The second kappa shape index (κ2) is 4.82. The predicted molar refractivity (Wildman–Crippen MR) is 62.8 cm³/mol. The Kier molecular flexibility index (Phi) is 4.34. The van der Waals surface area contributed by atoms with Crippen LogP contribution in [0.1, 0.15) is 38.6 Å². The average molecular weight is 209 g/mol. The summed E-state index contributed by atoms with van der Waals surface area (Å²) in [5, 5.41) is 0. The Labute approximate surface area is 91.2 Å². The molecule has 0 atom stereocenters. The molecule has 84 valence electrons. The fourth-order valence-corrected chi connectivity index (χ4v) is 0.956. The molecular weight excluding hydrogens is 190 g/mol. The van der Waals surface area contributed by atoms with Crippen molar-refractivity contribution in [3.8, 4) is 0 Å². The number of rotatable bonds is 1. The van der Waals surface area contributed by atoms with E-state index in [1.54, 1.807) is 24.3 Å². The zero-order valence-electron chi connectivity index (χ0n) is 8.70. The molecule has 3 heteroatoms. The number of anilines is 1. The van der Waals surface area contributed by atoms with Gasteiger partial charge in [0.05, 0.1) is 5.56 Å². The first-order valence-corrected chi connectivity index (χ1v) is 4.47. The van der Waals surface area contributed by atoms with E-state index in [-0.39, 0.29) is 13.4 Å². The van der Waals surface area contributed by atoms with E-state index in [2.05, 4.69) is 0 Å². The summed E-state index contributed by atoms with van der Waals surface area (Å²) in [5.74, 6) is -0.322. The van der Waals surface area contributed by atoms with Crippen molar-refractivity contribution in [1.82, 2.24) is 0 Å². The van der Waals surface area contributed by atoms with Crippen LogP contribution in [0.3, 0.4) is 0 Å². The molecule has 1 rings (SSSR count). The van der Waals surface area contributed by atoms with Crippen LogP contribution in [0.5, 0.6) is 0 Å². The molecule has 0 aliphatic carbocycles. The van der Waals surface area contributed by atoms with E-state index >= 15 is 0 Å². The summed E-state index contributed by atoms with van der Waals surface area (Å²) in [4.78, 5) is 11.5. The molecule has 0 unspecified atom stereocenters.